The van der Waals surface area contributed by atoms with Gasteiger partial charge in [0.1, 0.15) is 11.4 Å². The number of hydrogen-bond donors (Lipinski definition) is 2. The van der Waals surface area contributed by atoms with Gasteiger partial charge in [-0.2, -0.15) is 4.31 Å². The molecule has 0 fully saturated rings. The molecule has 0 aliphatic carbocycles. The largest absolute Gasteiger partial charge is 0.480 e. The Kier molecular flexibility index (Phi) is 5.73. The van der Waals surface area contributed by atoms with Crippen molar-refractivity contribution in [3.8, 4) is 0 Å². The first-order chi connectivity index (χ1) is 10.9. The number of para-hydroxylation sites is 1. The minimum Gasteiger partial charge on any atom is -0.480 e. The number of sulfonamides is 1. The summed E-state index contributed by atoms with van der Waals surface area (Å²) in [5, 5.41) is 11.6. The third kappa shape index (κ3) is 4.52. The maximum atomic E-state index is 12.8. The number of carboxylic acids is 1. The molecule has 7 nitrogen and oxygen atoms in total. The van der Waals surface area contributed by atoms with Crippen LogP contribution in [0.2, 0.25) is 0 Å². The van der Waals surface area contributed by atoms with Crippen LogP contribution in [0, 0.1) is 0 Å². The molecule has 1 aromatic carbocycles. The number of nitrogens with one attached hydrogen (secondary N) is 1. The van der Waals surface area contributed by atoms with E-state index in [1.165, 1.54) is 12.1 Å². The molecule has 8 heteroatoms. The molecule has 126 valence electrons. The summed E-state index contributed by atoms with van der Waals surface area (Å²) >= 11 is 0. The third-order valence-electron chi connectivity index (χ3n) is 3.65. The number of carbonyl (C=O) groups is 2. The Labute approximate surface area is 135 Å². The Bertz CT molecular complexity index is 687. The maximum absolute atomic E-state index is 12.8. The molecule has 0 atom stereocenters. The number of carbonyl (C=O) groups excluding carboxylic acids is 1. The van der Waals surface area contributed by atoms with Gasteiger partial charge in [0.25, 0.3) is 0 Å². The van der Waals surface area contributed by atoms with E-state index in [0.29, 0.717) is 12.8 Å². The van der Waals surface area contributed by atoms with E-state index in [2.05, 4.69) is 5.32 Å². The fraction of sp³-hybridized carbons (Fsp3) is 0.467. The van der Waals surface area contributed by atoms with Crippen molar-refractivity contribution in [2.75, 3.05) is 18.4 Å². The van der Waals surface area contributed by atoms with Gasteiger partial charge in [-0.3, -0.25) is 9.59 Å². The first kappa shape index (κ1) is 17.4. The molecule has 0 bridgehead atoms. The molecular weight excluding hydrogens is 320 g/mol. The molecule has 0 unspecified atom stereocenters. The first-order valence-corrected chi connectivity index (χ1v) is 8.96. The Morgan fingerprint density at radius 1 is 1.17 bits per heavy atom. The van der Waals surface area contributed by atoms with Gasteiger partial charge in [-0.15, -0.1) is 0 Å². The van der Waals surface area contributed by atoms with Gasteiger partial charge in [0.15, 0.2) is 0 Å². The molecule has 1 aliphatic rings. The summed E-state index contributed by atoms with van der Waals surface area (Å²) in [7, 11) is -3.99. The van der Waals surface area contributed by atoms with E-state index >= 15 is 0 Å². The number of nitrogens with zero attached hydrogens (tertiary/aromatic N) is 1. The summed E-state index contributed by atoms with van der Waals surface area (Å²) in [6, 6.07) is 6.07. The number of amides is 1. The van der Waals surface area contributed by atoms with Crippen LogP contribution < -0.4 is 5.32 Å². The van der Waals surface area contributed by atoms with Crippen LogP contribution in [0.1, 0.15) is 32.1 Å². The SMILES string of the molecule is O=C(O)CN1CCCCCCC(=O)Nc2ccccc2S1(=O)=O. The number of aliphatic carboxylic acids is 1. The lowest BCUT2D eigenvalue weighted by Gasteiger charge is -2.22. The molecule has 0 spiro atoms. The van der Waals surface area contributed by atoms with Crippen molar-refractivity contribution in [1.29, 1.82) is 0 Å². The van der Waals surface area contributed by atoms with Crippen molar-refractivity contribution in [1.82, 2.24) is 4.31 Å². The molecule has 0 aromatic heterocycles. The number of fused-ring (bicyclic) bond motifs is 1. The highest BCUT2D eigenvalue weighted by Crippen LogP contribution is 2.26. The second-order valence-electron chi connectivity index (χ2n) is 5.44. The molecule has 0 saturated heterocycles. The normalized spacial score (nSPS) is 19.7. The molecule has 1 aliphatic heterocycles. The highest BCUT2D eigenvalue weighted by molar-refractivity contribution is 7.89. The minimum atomic E-state index is -3.99. The van der Waals surface area contributed by atoms with Gasteiger partial charge in [-0.25, -0.2) is 8.42 Å². The van der Waals surface area contributed by atoms with Crippen molar-refractivity contribution >= 4 is 27.6 Å². The summed E-state index contributed by atoms with van der Waals surface area (Å²) in [5.41, 5.74) is 0.188. The lowest BCUT2D eigenvalue weighted by Crippen LogP contribution is -2.37. The van der Waals surface area contributed by atoms with Crippen molar-refractivity contribution < 1.29 is 23.1 Å². The first-order valence-electron chi connectivity index (χ1n) is 7.52. The van der Waals surface area contributed by atoms with Gasteiger partial charge in [-0.1, -0.05) is 25.0 Å². The number of hydrogen-bond acceptors (Lipinski definition) is 4. The van der Waals surface area contributed by atoms with E-state index in [4.69, 9.17) is 5.11 Å². The number of rotatable bonds is 2. The van der Waals surface area contributed by atoms with Crippen LogP contribution >= 0.6 is 0 Å². The molecule has 1 heterocycles. The summed E-state index contributed by atoms with van der Waals surface area (Å²) in [5.74, 6) is -1.44. The topological polar surface area (TPSA) is 104 Å². The van der Waals surface area contributed by atoms with E-state index in [1.807, 2.05) is 0 Å². The Morgan fingerprint density at radius 3 is 2.61 bits per heavy atom. The summed E-state index contributed by atoms with van der Waals surface area (Å²) in [6.45, 7) is -0.443. The van der Waals surface area contributed by atoms with E-state index in [0.717, 1.165) is 23.6 Å². The van der Waals surface area contributed by atoms with Crippen LogP contribution in [0.4, 0.5) is 5.69 Å². The molecule has 2 rings (SSSR count). The second kappa shape index (κ2) is 7.56. The zero-order valence-corrected chi connectivity index (χ0v) is 13.5. The second-order valence-corrected chi connectivity index (χ2v) is 7.35. The van der Waals surface area contributed by atoms with Crippen molar-refractivity contribution in [3.05, 3.63) is 24.3 Å². The lowest BCUT2D eigenvalue weighted by atomic mass is 10.1. The summed E-state index contributed by atoms with van der Waals surface area (Å²) in [6.07, 6.45) is 3.18. The van der Waals surface area contributed by atoms with Gasteiger partial charge in [0, 0.05) is 13.0 Å². The monoisotopic (exact) mass is 340 g/mol. The van der Waals surface area contributed by atoms with Crippen molar-refractivity contribution in [2.45, 2.75) is 37.0 Å². The zero-order chi connectivity index (χ0) is 16.9. The Hall–Kier alpha value is -1.93. The van der Waals surface area contributed by atoms with Gasteiger partial charge in [-0.05, 0) is 25.0 Å². The maximum Gasteiger partial charge on any atom is 0.318 e. The standard InChI is InChI=1S/C15H20N2O5S/c18-14-9-3-1-2-6-10-17(11-15(19)20)23(21,22)13-8-5-4-7-12(13)16-14/h4-5,7-8H,1-3,6,9-11H2,(H,16,18)(H,19,20). The van der Waals surface area contributed by atoms with Crippen LogP contribution in [-0.2, 0) is 19.6 Å². The molecule has 0 radical (unpaired) electrons. The fourth-order valence-electron chi connectivity index (χ4n) is 2.51. The van der Waals surface area contributed by atoms with Gasteiger partial charge >= 0.3 is 5.97 Å². The summed E-state index contributed by atoms with van der Waals surface area (Å²) in [4.78, 5) is 22.9. The van der Waals surface area contributed by atoms with Gasteiger partial charge in [0.05, 0.1) is 5.69 Å². The summed E-state index contributed by atoms with van der Waals surface area (Å²) < 4.78 is 26.5. The van der Waals surface area contributed by atoms with E-state index in [1.54, 1.807) is 12.1 Å². The smallest absolute Gasteiger partial charge is 0.318 e. The Morgan fingerprint density at radius 2 is 1.87 bits per heavy atom. The fourth-order valence-corrected chi connectivity index (χ4v) is 4.08. The zero-order valence-electron chi connectivity index (χ0n) is 12.7. The van der Waals surface area contributed by atoms with Crippen LogP contribution in [0.5, 0.6) is 0 Å². The van der Waals surface area contributed by atoms with Gasteiger partial charge < -0.3 is 10.4 Å². The number of carboxylic acid groups (broad SMARTS) is 1. The number of anilines is 1. The highest BCUT2D eigenvalue weighted by Gasteiger charge is 2.29. The average Bonchev–Trinajstić information content (AvgIpc) is 2.48. The predicted octanol–water partition coefficient (Wildman–Crippen LogP) is 1.66. The van der Waals surface area contributed by atoms with E-state index < -0.39 is 22.5 Å². The van der Waals surface area contributed by atoms with Crippen LogP contribution in [0.25, 0.3) is 0 Å². The minimum absolute atomic E-state index is 0.0739. The molecule has 2 N–H and O–H groups in total. The van der Waals surface area contributed by atoms with Crippen LogP contribution in [-0.4, -0.2) is 42.8 Å². The lowest BCUT2D eigenvalue weighted by molar-refractivity contribution is -0.137. The van der Waals surface area contributed by atoms with Crippen LogP contribution in [0.15, 0.2) is 29.2 Å². The Balaban J connectivity index is 2.44. The van der Waals surface area contributed by atoms with Crippen molar-refractivity contribution in [2.24, 2.45) is 0 Å². The molecule has 23 heavy (non-hydrogen) atoms. The van der Waals surface area contributed by atoms with Crippen molar-refractivity contribution in [3.63, 3.8) is 0 Å². The molecular formula is C15H20N2O5S. The predicted molar refractivity (Wildman–Crippen MR) is 84.6 cm³/mol. The van der Waals surface area contributed by atoms with Crippen LogP contribution in [0.3, 0.4) is 0 Å². The average molecular weight is 340 g/mol. The molecule has 1 aromatic rings. The van der Waals surface area contributed by atoms with Gasteiger partial charge in [0.2, 0.25) is 15.9 Å². The quantitative estimate of drug-likeness (QED) is 0.852. The highest BCUT2D eigenvalue weighted by atomic mass is 32.2. The van der Waals surface area contributed by atoms with E-state index in [9.17, 15) is 18.0 Å². The third-order valence-corrected chi connectivity index (χ3v) is 5.56. The molecule has 1 amide bonds. The van der Waals surface area contributed by atoms with E-state index in [-0.39, 0.29) is 23.0 Å². The number of benzene rings is 1. The molecule has 0 saturated carbocycles.